The molecule has 0 aromatic heterocycles. The molecule has 3 nitrogen and oxygen atoms in total. The molecule has 2 rings (SSSR count). The molecule has 0 bridgehead atoms. The molecule has 0 unspecified atom stereocenters. The molecule has 1 aromatic carbocycles. The van der Waals surface area contributed by atoms with E-state index < -0.39 is 0 Å². The van der Waals surface area contributed by atoms with Crippen LogP contribution in [-0.2, 0) is 0 Å². The van der Waals surface area contributed by atoms with Crippen molar-refractivity contribution in [3.05, 3.63) is 29.8 Å². The molecule has 0 aliphatic heterocycles. The van der Waals surface area contributed by atoms with Crippen LogP contribution in [0.3, 0.4) is 0 Å². The standard InChI is InChI=1S/C17H25NO2/c1-13(2)20-15-8-6-14(7-9-15)16(19)17(12-18)10-4-3-5-11-17/h6-9,13H,3-5,10-12,18H2,1-2H3. The Morgan fingerprint density at radius 2 is 1.80 bits per heavy atom. The van der Waals surface area contributed by atoms with Crippen molar-refractivity contribution in [2.45, 2.75) is 52.1 Å². The molecular formula is C17H25NO2. The zero-order valence-electron chi connectivity index (χ0n) is 12.5. The fourth-order valence-corrected chi connectivity index (χ4v) is 3.02. The SMILES string of the molecule is CC(C)Oc1ccc(C(=O)C2(CN)CCCCC2)cc1. The van der Waals surface area contributed by atoms with Crippen LogP contribution in [0.4, 0.5) is 0 Å². The number of ether oxygens (including phenoxy) is 1. The number of benzene rings is 1. The highest BCUT2D eigenvalue weighted by atomic mass is 16.5. The first-order valence-electron chi connectivity index (χ1n) is 7.59. The van der Waals surface area contributed by atoms with E-state index in [2.05, 4.69) is 0 Å². The smallest absolute Gasteiger partial charge is 0.170 e. The number of Topliss-reactive ketones (excluding diaryl/α,β-unsaturated/α-hetero) is 1. The molecule has 1 aliphatic carbocycles. The zero-order valence-corrected chi connectivity index (χ0v) is 12.5. The van der Waals surface area contributed by atoms with E-state index >= 15 is 0 Å². The summed E-state index contributed by atoms with van der Waals surface area (Å²) >= 11 is 0. The van der Waals surface area contributed by atoms with Gasteiger partial charge < -0.3 is 10.5 Å². The summed E-state index contributed by atoms with van der Waals surface area (Å²) in [6.45, 7) is 4.44. The molecule has 0 saturated heterocycles. The summed E-state index contributed by atoms with van der Waals surface area (Å²) < 4.78 is 5.61. The van der Waals surface area contributed by atoms with Crippen LogP contribution in [0.15, 0.2) is 24.3 Å². The predicted octanol–water partition coefficient (Wildman–Crippen LogP) is 3.57. The van der Waals surface area contributed by atoms with Gasteiger partial charge in [0.2, 0.25) is 0 Å². The van der Waals surface area contributed by atoms with Crippen molar-refractivity contribution < 1.29 is 9.53 Å². The van der Waals surface area contributed by atoms with Crippen molar-refractivity contribution in [2.24, 2.45) is 11.1 Å². The highest BCUT2D eigenvalue weighted by Crippen LogP contribution is 2.38. The Kier molecular flexibility index (Phi) is 4.81. The molecule has 1 saturated carbocycles. The van der Waals surface area contributed by atoms with Crippen LogP contribution < -0.4 is 10.5 Å². The number of ketones is 1. The third kappa shape index (κ3) is 3.21. The minimum absolute atomic E-state index is 0.144. The van der Waals surface area contributed by atoms with E-state index in [4.69, 9.17) is 10.5 Å². The minimum Gasteiger partial charge on any atom is -0.491 e. The van der Waals surface area contributed by atoms with Crippen LogP contribution in [0.2, 0.25) is 0 Å². The van der Waals surface area contributed by atoms with Gasteiger partial charge in [0, 0.05) is 17.5 Å². The van der Waals surface area contributed by atoms with Crippen LogP contribution in [0, 0.1) is 5.41 Å². The molecule has 1 aliphatic rings. The minimum atomic E-state index is -0.335. The van der Waals surface area contributed by atoms with E-state index in [1.807, 2.05) is 38.1 Å². The summed E-state index contributed by atoms with van der Waals surface area (Å²) in [4.78, 5) is 12.8. The molecule has 1 fully saturated rings. The van der Waals surface area contributed by atoms with Gasteiger partial charge in [-0.1, -0.05) is 19.3 Å². The summed E-state index contributed by atoms with van der Waals surface area (Å²) in [5, 5.41) is 0. The van der Waals surface area contributed by atoms with Crippen LogP contribution in [-0.4, -0.2) is 18.4 Å². The molecule has 0 amide bonds. The van der Waals surface area contributed by atoms with Gasteiger partial charge in [-0.3, -0.25) is 4.79 Å². The molecule has 110 valence electrons. The average molecular weight is 275 g/mol. The Morgan fingerprint density at radius 3 is 2.30 bits per heavy atom. The fourth-order valence-electron chi connectivity index (χ4n) is 3.02. The van der Waals surface area contributed by atoms with E-state index in [9.17, 15) is 4.79 Å². The zero-order chi connectivity index (χ0) is 14.6. The lowest BCUT2D eigenvalue weighted by atomic mass is 9.69. The van der Waals surface area contributed by atoms with Crippen molar-refractivity contribution in [3.8, 4) is 5.75 Å². The molecular weight excluding hydrogens is 250 g/mol. The topological polar surface area (TPSA) is 52.3 Å². The fraction of sp³-hybridized carbons (Fsp3) is 0.588. The lowest BCUT2D eigenvalue weighted by Crippen LogP contribution is -2.40. The van der Waals surface area contributed by atoms with Crippen LogP contribution >= 0.6 is 0 Å². The number of carbonyl (C=O) groups is 1. The largest absolute Gasteiger partial charge is 0.491 e. The Balaban J connectivity index is 2.15. The van der Waals surface area contributed by atoms with E-state index in [1.54, 1.807) is 0 Å². The Labute approximate surface area is 121 Å². The first-order chi connectivity index (χ1) is 9.57. The lowest BCUT2D eigenvalue weighted by Gasteiger charge is -2.34. The van der Waals surface area contributed by atoms with E-state index in [0.29, 0.717) is 6.54 Å². The van der Waals surface area contributed by atoms with E-state index in [1.165, 1.54) is 6.42 Å². The highest BCUT2D eigenvalue weighted by molar-refractivity contribution is 6.00. The summed E-state index contributed by atoms with van der Waals surface area (Å²) in [6.07, 6.45) is 5.43. The Bertz CT molecular complexity index is 445. The highest BCUT2D eigenvalue weighted by Gasteiger charge is 2.38. The first kappa shape index (κ1) is 15.0. The van der Waals surface area contributed by atoms with Gasteiger partial charge >= 0.3 is 0 Å². The number of rotatable bonds is 5. The van der Waals surface area contributed by atoms with Crippen molar-refractivity contribution in [1.29, 1.82) is 0 Å². The molecule has 1 aromatic rings. The normalized spacial score (nSPS) is 18.0. The van der Waals surface area contributed by atoms with Gasteiger partial charge in [-0.25, -0.2) is 0 Å². The summed E-state index contributed by atoms with van der Waals surface area (Å²) in [5.74, 6) is 1.01. The van der Waals surface area contributed by atoms with Crippen molar-refractivity contribution in [1.82, 2.24) is 0 Å². The van der Waals surface area contributed by atoms with Gasteiger partial charge in [0.05, 0.1) is 6.10 Å². The second kappa shape index (κ2) is 6.40. The van der Waals surface area contributed by atoms with E-state index in [0.717, 1.165) is 37.0 Å². The average Bonchev–Trinajstić information content (AvgIpc) is 2.47. The monoisotopic (exact) mass is 275 g/mol. The molecule has 20 heavy (non-hydrogen) atoms. The molecule has 3 heteroatoms. The van der Waals surface area contributed by atoms with Crippen LogP contribution in [0.25, 0.3) is 0 Å². The Hall–Kier alpha value is -1.35. The maximum Gasteiger partial charge on any atom is 0.170 e. The number of hydrogen-bond acceptors (Lipinski definition) is 3. The maximum absolute atomic E-state index is 12.8. The summed E-state index contributed by atoms with van der Waals surface area (Å²) in [6, 6.07) is 7.48. The molecule has 0 heterocycles. The van der Waals surface area contributed by atoms with E-state index in [-0.39, 0.29) is 17.3 Å². The number of nitrogens with two attached hydrogens (primary N) is 1. The van der Waals surface area contributed by atoms with Crippen molar-refractivity contribution >= 4 is 5.78 Å². The summed E-state index contributed by atoms with van der Waals surface area (Å²) in [7, 11) is 0. The van der Waals surface area contributed by atoms with Gasteiger partial charge in [-0.05, 0) is 51.0 Å². The summed E-state index contributed by atoms with van der Waals surface area (Å²) in [5.41, 5.74) is 6.35. The molecule has 2 N–H and O–H groups in total. The van der Waals surface area contributed by atoms with Crippen LogP contribution in [0.1, 0.15) is 56.3 Å². The van der Waals surface area contributed by atoms with Gasteiger partial charge in [-0.2, -0.15) is 0 Å². The van der Waals surface area contributed by atoms with Gasteiger partial charge in [0.15, 0.2) is 5.78 Å². The third-order valence-corrected chi connectivity index (χ3v) is 4.17. The molecule has 0 atom stereocenters. The quantitative estimate of drug-likeness (QED) is 0.836. The Morgan fingerprint density at radius 1 is 1.20 bits per heavy atom. The second-order valence-electron chi connectivity index (χ2n) is 6.07. The van der Waals surface area contributed by atoms with Gasteiger partial charge in [-0.15, -0.1) is 0 Å². The number of hydrogen-bond donors (Lipinski definition) is 1. The lowest BCUT2D eigenvalue weighted by molar-refractivity contribution is 0.0729. The second-order valence-corrected chi connectivity index (χ2v) is 6.07. The maximum atomic E-state index is 12.8. The van der Waals surface area contributed by atoms with Crippen LogP contribution in [0.5, 0.6) is 5.75 Å². The van der Waals surface area contributed by atoms with Gasteiger partial charge in [0.25, 0.3) is 0 Å². The van der Waals surface area contributed by atoms with Gasteiger partial charge in [0.1, 0.15) is 5.75 Å². The molecule has 0 spiro atoms. The third-order valence-electron chi connectivity index (χ3n) is 4.17. The first-order valence-corrected chi connectivity index (χ1v) is 7.59. The predicted molar refractivity (Wildman–Crippen MR) is 81.1 cm³/mol. The van der Waals surface area contributed by atoms with Crippen molar-refractivity contribution in [3.63, 3.8) is 0 Å². The number of carbonyl (C=O) groups excluding carboxylic acids is 1. The molecule has 0 radical (unpaired) electrons. The van der Waals surface area contributed by atoms with Crippen molar-refractivity contribution in [2.75, 3.05) is 6.54 Å².